The fourth-order valence-corrected chi connectivity index (χ4v) is 4.35. The van der Waals surface area contributed by atoms with E-state index in [9.17, 15) is 4.79 Å². The van der Waals surface area contributed by atoms with E-state index in [0.29, 0.717) is 23.5 Å². The van der Waals surface area contributed by atoms with Gasteiger partial charge in [0.2, 0.25) is 0 Å². The molecular formula is C25H24N4OS. The molecular weight excluding hydrogens is 404 g/mol. The molecule has 0 aliphatic carbocycles. The first-order chi connectivity index (χ1) is 15.0. The summed E-state index contributed by atoms with van der Waals surface area (Å²) in [5, 5.41) is 8.97. The molecule has 3 aromatic rings. The smallest absolute Gasteiger partial charge is 0.253 e. The minimum Gasteiger partial charge on any atom is -0.339 e. The number of aromatic nitrogens is 2. The number of likely N-dealkylation sites (tertiary alicyclic amines) is 1. The summed E-state index contributed by atoms with van der Waals surface area (Å²) in [5.41, 5.74) is 4.83. The zero-order valence-electron chi connectivity index (χ0n) is 17.5. The molecule has 1 aliphatic heterocycles. The molecule has 0 saturated carbocycles. The van der Waals surface area contributed by atoms with Gasteiger partial charge in [-0.05, 0) is 66.6 Å². The van der Waals surface area contributed by atoms with E-state index in [-0.39, 0.29) is 5.91 Å². The molecule has 0 N–H and O–H groups in total. The fraction of sp³-hybridized carbons (Fsp3) is 0.280. The van der Waals surface area contributed by atoms with Crippen LogP contribution in [0.15, 0.2) is 61.2 Å². The molecule has 6 heteroatoms. The van der Waals surface area contributed by atoms with Crippen LogP contribution in [0.4, 0.5) is 0 Å². The topological polar surface area (TPSA) is 61.9 Å². The summed E-state index contributed by atoms with van der Waals surface area (Å²) in [6, 6.07) is 15.9. The number of nitriles is 1. The molecule has 0 atom stereocenters. The van der Waals surface area contributed by atoms with E-state index in [1.165, 1.54) is 5.56 Å². The maximum atomic E-state index is 13.1. The summed E-state index contributed by atoms with van der Waals surface area (Å²) in [4.78, 5) is 19.9. The van der Waals surface area contributed by atoms with Crippen molar-refractivity contribution in [2.75, 3.05) is 13.1 Å². The molecule has 0 spiro atoms. The normalized spacial score (nSPS) is 14.3. The number of hydrogen-bond donors (Lipinski definition) is 0. The summed E-state index contributed by atoms with van der Waals surface area (Å²) >= 11 is 5.53. The summed E-state index contributed by atoms with van der Waals surface area (Å²) in [6.45, 7) is 3.52. The minimum atomic E-state index is 0.0769. The van der Waals surface area contributed by atoms with Crippen molar-refractivity contribution >= 4 is 23.1 Å². The van der Waals surface area contributed by atoms with Crippen LogP contribution in [0.5, 0.6) is 0 Å². The van der Waals surface area contributed by atoms with Crippen molar-refractivity contribution in [1.29, 1.82) is 5.26 Å². The van der Waals surface area contributed by atoms with Gasteiger partial charge in [-0.15, -0.1) is 0 Å². The highest BCUT2D eigenvalue weighted by atomic mass is 32.1. The average molecular weight is 429 g/mol. The number of thiocarbonyl (C=S) groups is 1. The van der Waals surface area contributed by atoms with Crippen LogP contribution in [0.25, 0.3) is 0 Å². The molecule has 0 bridgehead atoms. The number of aryl methyl sites for hydroxylation is 1. The van der Waals surface area contributed by atoms with Crippen molar-refractivity contribution in [2.24, 2.45) is 0 Å². The second-order valence-corrected chi connectivity index (χ2v) is 8.45. The van der Waals surface area contributed by atoms with Gasteiger partial charge in [-0.25, -0.2) is 4.98 Å². The van der Waals surface area contributed by atoms with Crippen molar-refractivity contribution in [3.63, 3.8) is 0 Å². The lowest BCUT2D eigenvalue weighted by atomic mass is 9.88. The Labute approximate surface area is 188 Å². The predicted octanol–water partition coefficient (Wildman–Crippen LogP) is 4.50. The number of piperidine rings is 1. The zero-order valence-corrected chi connectivity index (χ0v) is 18.3. The summed E-state index contributed by atoms with van der Waals surface area (Å²) < 4.78 is 1.83. The number of hydrogen-bond acceptors (Lipinski definition) is 4. The van der Waals surface area contributed by atoms with Gasteiger partial charge in [0.05, 0.1) is 22.9 Å². The van der Waals surface area contributed by atoms with Gasteiger partial charge in [-0.3, -0.25) is 4.79 Å². The molecule has 2 heterocycles. The standard InChI is InChI=1S/C25H24N4OS/c1-18-2-5-22(14-23(18)15-24(31)29-13-10-27-17-29)25(30)28-11-8-21(9-12-28)20-6-3-19(16-26)4-7-20/h2-7,10,13-14,17,21H,8-9,11-12,15H2,1H3. The quantitative estimate of drug-likeness (QED) is 0.574. The highest BCUT2D eigenvalue weighted by Crippen LogP contribution is 2.29. The molecule has 1 aromatic heterocycles. The fourth-order valence-electron chi connectivity index (χ4n) is 4.08. The Morgan fingerprint density at radius 1 is 1.19 bits per heavy atom. The van der Waals surface area contributed by atoms with E-state index in [4.69, 9.17) is 17.5 Å². The monoisotopic (exact) mass is 428 g/mol. The first kappa shape index (κ1) is 21.0. The van der Waals surface area contributed by atoms with E-state index in [1.807, 2.05) is 65.1 Å². The zero-order chi connectivity index (χ0) is 21.8. The maximum absolute atomic E-state index is 13.1. The largest absolute Gasteiger partial charge is 0.339 e. The minimum absolute atomic E-state index is 0.0769. The van der Waals surface area contributed by atoms with Crippen molar-refractivity contribution in [3.05, 3.63) is 89.0 Å². The SMILES string of the molecule is Cc1ccc(C(=O)N2CCC(c3ccc(C#N)cc3)CC2)cc1CC(=S)n1ccnc1. The van der Waals surface area contributed by atoms with Gasteiger partial charge < -0.3 is 9.47 Å². The Morgan fingerprint density at radius 3 is 2.58 bits per heavy atom. The van der Waals surface area contributed by atoms with Crippen LogP contribution in [0.2, 0.25) is 0 Å². The van der Waals surface area contributed by atoms with Crippen molar-refractivity contribution in [3.8, 4) is 6.07 Å². The van der Waals surface area contributed by atoms with Gasteiger partial charge in [-0.1, -0.05) is 30.4 Å². The molecule has 4 rings (SSSR count). The lowest BCUT2D eigenvalue weighted by molar-refractivity contribution is 0.0713. The third kappa shape index (κ3) is 4.73. The molecule has 1 fully saturated rings. The lowest BCUT2D eigenvalue weighted by Crippen LogP contribution is -2.38. The molecule has 0 radical (unpaired) electrons. The van der Waals surface area contributed by atoms with Crippen molar-refractivity contribution < 1.29 is 4.79 Å². The lowest BCUT2D eigenvalue weighted by Gasteiger charge is -2.32. The molecule has 0 unspecified atom stereocenters. The summed E-state index contributed by atoms with van der Waals surface area (Å²) in [5.74, 6) is 0.506. The van der Waals surface area contributed by atoms with E-state index in [1.54, 1.807) is 12.5 Å². The van der Waals surface area contributed by atoms with Crippen LogP contribution >= 0.6 is 12.2 Å². The van der Waals surface area contributed by atoms with Gasteiger partial charge in [0.25, 0.3) is 5.91 Å². The summed E-state index contributed by atoms with van der Waals surface area (Å²) in [7, 11) is 0. The summed E-state index contributed by atoms with van der Waals surface area (Å²) in [6.07, 6.45) is 7.71. The first-order valence-electron chi connectivity index (χ1n) is 10.4. The van der Waals surface area contributed by atoms with Gasteiger partial charge in [0.1, 0.15) is 0 Å². The highest BCUT2D eigenvalue weighted by Gasteiger charge is 2.25. The second kappa shape index (κ2) is 9.23. The van der Waals surface area contributed by atoms with Crippen molar-refractivity contribution in [1.82, 2.24) is 14.5 Å². The third-order valence-corrected chi connectivity index (χ3v) is 6.38. The van der Waals surface area contributed by atoms with Crippen LogP contribution in [-0.2, 0) is 6.42 Å². The Bertz CT molecular complexity index is 1120. The van der Waals surface area contributed by atoms with Crippen LogP contribution in [0, 0.1) is 18.3 Å². The first-order valence-corrected chi connectivity index (χ1v) is 10.9. The van der Waals surface area contributed by atoms with E-state index < -0.39 is 0 Å². The van der Waals surface area contributed by atoms with Crippen molar-refractivity contribution in [2.45, 2.75) is 32.1 Å². The Hall–Kier alpha value is -3.30. The Kier molecular flexibility index (Phi) is 6.24. The number of nitrogens with zero attached hydrogens (tertiary/aromatic N) is 4. The molecule has 156 valence electrons. The number of carbonyl (C=O) groups excluding carboxylic acids is 1. The van der Waals surface area contributed by atoms with Crippen LogP contribution in [0.1, 0.15) is 51.4 Å². The van der Waals surface area contributed by atoms with Gasteiger partial charge in [0.15, 0.2) is 0 Å². The van der Waals surface area contributed by atoms with Crippen LogP contribution < -0.4 is 0 Å². The maximum Gasteiger partial charge on any atom is 0.253 e. The number of amides is 1. The van der Waals surface area contributed by atoms with Gasteiger partial charge in [-0.2, -0.15) is 5.26 Å². The number of rotatable bonds is 4. The van der Waals surface area contributed by atoms with Crippen LogP contribution in [0.3, 0.4) is 0 Å². The predicted molar refractivity (Wildman–Crippen MR) is 124 cm³/mol. The second-order valence-electron chi connectivity index (χ2n) is 7.98. The molecule has 1 aliphatic rings. The number of benzene rings is 2. The molecule has 2 aromatic carbocycles. The van der Waals surface area contributed by atoms with E-state index >= 15 is 0 Å². The molecule has 1 saturated heterocycles. The third-order valence-electron chi connectivity index (χ3n) is 6.02. The van der Waals surface area contributed by atoms with Gasteiger partial charge in [0, 0.05) is 37.5 Å². The Balaban J connectivity index is 1.41. The highest BCUT2D eigenvalue weighted by molar-refractivity contribution is 7.80. The van der Waals surface area contributed by atoms with E-state index in [0.717, 1.165) is 42.0 Å². The molecule has 5 nitrogen and oxygen atoms in total. The van der Waals surface area contributed by atoms with Crippen LogP contribution in [-0.4, -0.2) is 38.4 Å². The average Bonchev–Trinajstić information content (AvgIpc) is 3.35. The molecule has 31 heavy (non-hydrogen) atoms. The number of imidazole rings is 1. The number of carbonyl (C=O) groups is 1. The van der Waals surface area contributed by atoms with E-state index in [2.05, 4.69) is 11.1 Å². The molecule has 1 amide bonds. The van der Waals surface area contributed by atoms with Gasteiger partial charge >= 0.3 is 0 Å². The Morgan fingerprint density at radius 2 is 1.94 bits per heavy atom.